The highest BCUT2D eigenvalue weighted by Crippen LogP contribution is 2.57. The van der Waals surface area contributed by atoms with Gasteiger partial charge in [0.1, 0.15) is 5.76 Å². The normalized spacial score (nSPS) is 38.6. The Morgan fingerprint density at radius 2 is 2.24 bits per heavy atom. The van der Waals surface area contributed by atoms with E-state index in [9.17, 15) is 0 Å². The average molecular weight is 229 g/mol. The van der Waals surface area contributed by atoms with Crippen LogP contribution in [0.4, 0.5) is 0 Å². The van der Waals surface area contributed by atoms with E-state index in [1.165, 1.54) is 50.1 Å². The minimum absolute atomic E-state index is 0.402. The van der Waals surface area contributed by atoms with Crippen molar-refractivity contribution in [2.75, 3.05) is 13.2 Å². The molecule has 0 amide bonds. The molecule has 1 saturated heterocycles. The molecule has 2 atom stereocenters. The van der Waals surface area contributed by atoms with Crippen LogP contribution in [-0.4, -0.2) is 18.1 Å². The summed E-state index contributed by atoms with van der Waals surface area (Å²) < 4.78 is 6.04. The van der Waals surface area contributed by atoms with Crippen molar-refractivity contribution in [1.29, 1.82) is 0 Å². The second kappa shape index (κ2) is 3.41. The van der Waals surface area contributed by atoms with E-state index in [1.807, 2.05) is 0 Å². The molecule has 0 radical (unpaired) electrons. The van der Waals surface area contributed by atoms with Crippen LogP contribution in [0.1, 0.15) is 32.1 Å². The van der Waals surface area contributed by atoms with E-state index in [-0.39, 0.29) is 0 Å². The SMILES string of the molecule is C1=CC2=C3OCCC34CCCCC4CN2C=C1. The molecule has 0 aromatic rings. The number of hydrogen-bond acceptors (Lipinski definition) is 2. The third kappa shape index (κ3) is 1.21. The van der Waals surface area contributed by atoms with Gasteiger partial charge in [-0.15, -0.1) is 0 Å². The van der Waals surface area contributed by atoms with Gasteiger partial charge in [0.2, 0.25) is 0 Å². The standard InChI is InChI=1S/C15H19NO/c1-3-7-15-8-10-17-14(15)13-6-2-4-9-16(13)11-12(15)5-1/h2,4,6,9,12H,1,3,5,7-8,10-11H2. The van der Waals surface area contributed by atoms with Gasteiger partial charge in [-0.2, -0.15) is 0 Å². The van der Waals surface area contributed by atoms with Crippen molar-refractivity contribution >= 4 is 0 Å². The van der Waals surface area contributed by atoms with Crippen molar-refractivity contribution in [2.45, 2.75) is 32.1 Å². The summed E-state index contributed by atoms with van der Waals surface area (Å²) in [6, 6.07) is 0. The molecule has 2 nitrogen and oxygen atoms in total. The summed E-state index contributed by atoms with van der Waals surface area (Å²) in [5.41, 5.74) is 1.74. The van der Waals surface area contributed by atoms with Crippen LogP contribution in [0.15, 0.2) is 35.9 Å². The lowest BCUT2D eigenvalue weighted by Crippen LogP contribution is -2.45. The molecule has 0 aromatic carbocycles. The van der Waals surface area contributed by atoms with Crippen molar-refractivity contribution in [3.05, 3.63) is 35.9 Å². The predicted molar refractivity (Wildman–Crippen MR) is 67.0 cm³/mol. The Bertz CT molecular complexity index is 434. The molecular weight excluding hydrogens is 210 g/mol. The molecule has 0 bridgehead atoms. The monoisotopic (exact) mass is 229 g/mol. The van der Waals surface area contributed by atoms with Crippen molar-refractivity contribution < 1.29 is 4.74 Å². The van der Waals surface area contributed by atoms with Gasteiger partial charge in [-0.3, -0.25) is 0 Å². The molecule has 1 aliphatic carbocycles. The molecule has 2 heteroatoms. The molecule has 4 aliphatic rings. The van der Waals surface area contributed by atoms with Gasteiger partial charge in [-0.1, -0.05) is 18.9 Å². The molecule has 1 saturated carbocycles. The van der Waals surface area contributed by atoms with E-state index in [4.69, 9.17) is 4.74 Å². The first kappa shape index (κ1) is 9.81. The number of allylic oxidation sites excluding steroid dienone is 4. The van der Waals surface area contributed by atoms with Gasteiger partial charge in [0.15, 0.2) is 0 Å². The molecule has 17 heavy (non-hydrogen) atoms. The fraction of sp³-hybridized carbons (Fsp3) is 0.600. The Labute approximate surface area is 103 Å². The Hall–Kier alpha value is -1.18. The topological polar surface area (TPSA) is 12.5 Å². The third-order valence-electron chi connectivity index (χ3n) is 5.04. The van der Waals surface area contributed by atoms with E-state index in [0.29, 0.717) is 5.41 Å². The Morgan fingerprint density at radius 1 is 1.24 bits per heavy atom. The maximum atomic E-state index is 6.04. The van der Waals surface area contributed by atoms with Crippen molar-refractivity contribution in [1.82, 2.24) is 4.90 Å². The molecule has 90 valence electrons. The molecule has 3 heterocycles. The highest BCUT2D eigenvalue weighted by atomic mass is 16.5. The van der Waals surface area contributed by atoms with Crippen LogP contribution in [0.5, 0.6) is 0 Å². The lowest BCUT2D eigenvalue weighted by Gasteiger charge is -2.48. The minimum Gasteiger partial charge on any atom is -0.495 e. The van der Waals surface area contributed by atoms with Gasteiger partial charge in [0.25, 0.3) is 0 Å². The summed E-state index contributed by atoms with van der Waals surface area (Å²) in [4.78, 5) is 2.40. The van der Waals surface area contributed by atoms with Gasteiger partial charge in [0, 0.05) is 18.2 Å². The number of rotatable bonds is 0. The first-order chi connectivity index (χ1) is 8.40. The maximum Gasteiger partial charge on any atom is 0.126 e. The smallest absolute Gasteiger partial charge is 0.126 e. The fourth-order valence-electron chi connectivity index (χ4n) is 4.21. The lowest BCUT2D eigenvalue weighted by atomic mass is 9.62. The number of ether oxygens (including phenoxy) is 1. The van der Waals surface area contributed by atoms with E-state index in [1.54, 1.807) is 0 Å². The molecule has 2 unspecified atom stereocenters. The zero-order valence-electron chi connectivity index (χ0n) is 10.2. The van der Waals surface area contributed by atoms with Crippen molar-refractivity contribution in [2.24, 2.45) is 11.3 Å². The summed E-state index contributed by atoms with van der Waals surface area (Å²) >= 11 is 0. The second-order valence-corrected chi connectivity index (χ2v) is 5.76. The van der Waals surface area contributed by atoms with Crippen molar-refractivity contribution in [3.63, 3.8) is 0 Å². The summed E-state index contributed by atoms with van der Waals surface area (Å²) in [6.07, 6.45) is 15.5. The van der Waals surface area contributed by atoms with E-state index in [0.717, 1.165) is 12.5 Å². The van der Waals surface area contributed by atoms with Gasteiger partial charge in [-0.05, 0) is 37.3 Å². The van der Waals surface area contributed by atoms with E-state index < -0.39 is 0 Å². The first-order valence-corrected chi connectivity index (χ1v) is 6.89. The molecule has 0 N–H and O–H groups in total. The fourth-order valence-corrected chi connectivity index (χ4v) is 4.21. The number of hydrogen-bond donors (Lipinski definition) is 0. The van der Waals surface area contributed by atoms with Crippen molar-refractivity contribution in [3.8, 4) is 0 Å². The molecule has 2 fully saturated rings. The largest absolute Gasteiger partial charge is 0.495 e. The summed E-state index contributed by atoms with van der Waals surface area (Å²) in [7, 11) is 0. The van der Waals surface area contributed by atoms with E-state index in [2.05, 4.69) is 29.3 Å². The first-order valence-electron chi connectivity index (χ1n) is 6.89. The van der Waals surface area contributed by atoms with Gasteiger partial charge in [-0.25, -0.2) is 0 Å². The number of nitrogens with zero attached hydrogens (tertiary/aromatic N) is 1. The highest BCUT2D eigenvalue weighted by molar-refractivity contribution is 5.37. The maximum absolute atomic E-state index is 6.04. The van der Waals surface area contributed by atoms with Crippen LogP contribution < -0.4 is 0 Å². The molecule has 3 aliphatic heterocycles. The van der Waals surface area contributed by atoms with Crippen LogP contribution in [-0.2, 0) is 4.74 Å². The quantitative estimate of drug-likeness (QED) is 0.632. The van der Waals surface area contributed by atoms with Crippen LogP contribution >= 0.6 is 0 Å². The zero-order chi connectivity index (χ0) is 11.3. The summed E-state index contributed by atoms with van der Waals surface area (Å²) in [6.45, 7) is 2.13. The lowest BCUT2D eigenvalue weighted by molar-refractivity contribution is 0.0777. The third-order valence-corrected chi connectivity index (χ3v) is 5.04. The van der Waals surface area contributed by atoms with Gasteiger partial charge >= 0.3 is 0 Å². The van der Waals surface area contributed by atoms with Crippen LogP contribution in [0.3, 0.4) is 0 Å². The average Bonchev–Trinajstić information content (AvgIpc) is 2.80. The Morgan fingerprint density at radius 3 is 3.24 bits per heavy atom. The van der Waals surface area contributed by atoms with Gasteiger partial charge in [0.05, 0.1) is 12.3 Å². The molecule has 4 rings (SSSR count). The van der Waals surface area contributed by atoms with Crippen LogP contribution in [0, 0.1) is 11.3 Å². The van der Waals surface area contributed by atoms with Gasteiger partial charge < -0.3 is 9.64 Å². The summed E-state index contributed by atoms with van der Waals surface area (Å²) in [5, 5.41) is 0. The summed E-state index contributed by atoms with van der Waals surface area (Å²) in [5.74, 6) is 2.13. The minimum atomic E-state index is 0.402. The highest BCUT2D eigenvalue weighted by Gasteiger charge is 2.52. The predicted octanol–water partition coefficient (Wildman–Crippen LogP) is 3.19. The molecular formula is C15H19NO. The van der Waals surface area contributed by atoms with Crippen LogP contribution in [0.2, 0.25) is 0 Å². The second-order valence-electron chi connectivity index (χ2n) is 5.76. The molecule has 1 spiro atoms. The Kier molecular flexibility index (Phi) is 1.97. The van der Waals surface area contributed by atoms with E-state index >= 15 is 0 Å². The zero-order valence-corrected chi connectivity index (χ0v) is 10.2. The Balaban J connectivity index is 1.86. The molecule has 0 aromatic heterocycles. The van der Waals surface area contributed by atoms with Crippen LogP contribution in [0.25, 0.3) is 0 Å². The number of fused-ring (bicyclic) bond motifs is 1.